The summed E-state index contributed by atoms with van der Waals surface area (Å²) in [7, 11) is 0. The molecule has 0 spiro atoms. The molecule has 0 amide bonds. The zero-order valence-corrected chi connectivity index (χ0v) is 8.49. The summed E-state index contributed by atoms with van der Waals surface area (Å²) in [6, 6.07) is 0.989. The van der Waals surface area contributed by atoms with E-state index in [9.17, 15) is 22.4 Å². The van der Waals surface area contributed by atoms with Gasteiger partial charge >= 0.3 is 18.3 Å². The smallest absolute Gasteiger partial charge is 0.363 e. The van der Waals surface area contributed by atoms with Crippen molar-refractivity contribution in [1.29, 1.82) is 0 Å². The molecule has 96 valence electrons. The fraction of sp³-hybridized carbons (Fsp3) is 0.222. The molecule has 0 atom stereocenters. The lowest BCUT2D eigenvalue weighted by atomic mass is 10.3. The number of alkyl halides is 4. The lowest BCUT2D eigenvalue weighted by molar-refractivity contribution is -0.140. The summed E-state index contributed by atoms with van der Waals surface area (Å²) in [5.41, 5.74) is -0.668. The van der Waals surface area contributed by atoms with Crippen LogP contribution in [0, 0.1) is 0 Å². The summed E-state index contributed by atoms with van der Waals surface area (Å²) < 4.78 is 50.2. The van der Waals surface area contributed by atoms with Crippen molar-refractivity contribution >= 4 is 17.1 Å². The molecule has 9 heteroatoms. The van der Waals surface area contributed by atoms with Gasteiger partial charge in [-0.1, -0.05) is 0 Å². The maximum atomic E-state index is 13.0. The van der Waals surface area contributed by atoms with E-state index in [1.807, 2.05) is 4.98 Å². The lowest BCUT2D eigenvalue weighted by Crippen LogP contribution is -2.25. The summed E-state index contributed by atoms with van der Waals surface area (Å²) in [6.45, 7) is 0. The Bertz CT molecular complexity index is 611. The Labute approximate surface area is 96.5 Å². The standard InChI is InChI=1S/C9H5F4N3O2/c10-7(11)9(12,13)8-15-4-1-3(6(17)18)2-14-5(4)16-8/h1-2,7H,(H,17,18)(H,14,15,16). The first-order valence-electron chi connectivity index (χ1n) is 4.58. The Hall–Kier alpha value is -2.19. The summed E-state index contributed by atoms with van der Waals surface area (Å²) in [4.78, 5) is 19.3. The normalized spacial score (nSPS) is 12.3. The number of fused-ring (bicyclic) bond motifs is 1. The maximum absolute atomic E-state index is 13.0. The van der Waals surface area contributed by atoms with Gasteiger partial charge in [-0.15, -0.1) is 0 Å². The summed E-state index contributed by atoms with van der Waals surface area (Å²) in [6.07, 6.45) is -3.02. The summed E-state index contributed by atoms with van der Waals surface area (Å²) in [5.74, 6) is -7.01. The van der Waals surface area contributed by atoms with Gasteiger partial charge in [0.05, 0.1) is 11.1 Å². The number of carboxylic acid groups (broad SMARTS) is 1. The molecule has 0 fully saturated rings. The molecular formula is C9H5F4N3O2. The third-order valence-corrected chi connectivity index (χ3v) is 2.17. The minimum Gasteiger partial charge on any atom is -0.478 e. The van der Waals surface area contributed by atoms with E-state index in [0.717, 1.165) is 12.3 Å². The molecular weight excluding hydrogens is 258 g/mol. The van der Waals surface area contributed by atoms with Crippen LogP contribution >= 0.6 is 0 Å². The number of aromatic carboxylic acids is 1. The van der Waals surface area contributed by atoms with Crippen LogP contribution in [0.4, 0.5) is 17.6 Å². The van der Waals surface area contributed by atoms with Crippen molar-refractivity contribution in [2.75, 3.05) is 0 Å². The Kier molecular flexibility index (Phi) is 2.68. The van der Waals surface area contributed by atoms with Crippen molar-refractivity contribution in [2.45, 2.75) is 12.3 Å². The van der Waals surface area contributed by atoms with Crippen LogP contribution in [-0.4, -0.2) is 32.5 Å². The monoisotopic (exact) mass is 263 g/mol. The number of hydrogen-bond acceptors (Lipinski definition) is 3. The third-order valence-electron chi connectivity index (χ3n) is 2.17. The van der Waals surface area contributed by atoms with Gasteiger partial charge in [-0.2, -0.15) is 8.78 Å². The Morgan fingerprint density at radius 1 is 1.44 bits per heavy atom. The Balaban J connectivity index is 2.54. The van der Waals surface area contributed by atoms with Crippen molar-refractivity contribution in [1.82, 2.24) is 15.0 Å². The van der Waals surface area contributed by atoms with Gasteiger partial charge < -0.3 is 10.1 Å². The molecule has 0 unspecified atom stereocenters. The number of carbonyl (C=O) groups is 1. The van der Waals surface area contributed by atoms with E-state index < -0.39 is 24.1 Å². The highest BCUT2D eigenvalue weighted by Gasteiger charge is 2.46. The number of aromatic amines is 1. The minimum absolute atomic E-state index is 0.148. The molecule has 0 radical (unpaired) electrons. The van der Waals surface area contributed by atoms with Crippen molar-refractivity contribution < 1.29 is 27.5 Å². The fourth-order valence-corrected chi connectivity index (χ4v) is 1.28. The second-order valence-electron chi connectivity index (χ2n) is 3.41. The number of carboxylic acids is 1. The molecule has 2 rings (SSSR count). The number of hydrogen-bond donors (Lipinski definition) is 2. The molecule has 18 heavy (non-hydrogen) atoms. The third kappa shape index (κ3) is 1.87. The molecule has 0 saturated heterocycles. The molecule has 0 bridgehead atoms. The van der Waals surface area contributed by atoms with Crippen LogP contribution in [0.2, 0.25) is 0 Å². The molecule has 2 N–H and O–H groups in total. The molecule has 5 nitrogen and oxygen atoms in total. The van der Waals surface area contributed by atoms with Gasteiger partial charge in [-0.25, -0.2) is 23.5 Å². The van der Waals surface area contributed by atoms with Crippen molar-refractivity contribution in [2.24, 2.45) is 0 Å². The zero-order chi connectivity index (χ0) is 13.5. The minimum atomic E-state index is -4.44. The van der Waals surface area contributed by atoms with Gasteiger partial charge in [-0.3, -0.25) is 0 Å². The predicted octanol–water partition coefficient (Wildman–Crippen LogP) is 2.01. The van der Waals surface area contributed by atoms with Gasteiger partial charge in [0.1, 0.15) is 0 Å². The average molecular weight is 263 g/mol. The van der Waals surface area contributed by atoms with E-state index in [1.165, 1.54) is 0 Å². The lowest BCUT2D eigenvalue weighted by Gasteiger charge is -2.10. The maximum Gasteiger partial charge on any atom is 0.363 e. The summed E-state index contributed by atoms with van der Waals surface area (Å²) in [5, 5.41) is 8.66. The second kappa shape index (κ2) is 3.93. The van der Waals surface area contributed by atoms with Gasteiger partial charge in [0.15, 0.2) is 11.5 Å². The Morgan fingerprint density at radius 2 is 2.11 bits per heavy atom. The highest BCUT2D eigenvalue weighted by molar-refractivity contribution is 5.90. The number of nitrogens with zero attached hydrogens (tertiary/aromatic N) is 2. The van der Waals surface area contributed by atoms with Crippen molar-refractivity contribution in [3.05, 3.63) is 23.7 Å². The highest BCUT2D eigenvalue weighted by Crippen LogP contribution is 2.33. The van der Waals surface area contributed by atoms with E-state index in [-0.39, 0.29) is 16.7 Å². The zero-order valence-electron chi connectivity index (χ0n) is 8.49. The largest absolute Gasteiger partial charge is 0.478 e. The van der Waals surface area contributed by atoms with Gasteiger partial charge in [0.25, 0.3) is 0 Å². The van der Waals surface area contributed by atoms with Crippen molar-refractivity contribution in [3.8, 4) is 0 Å². The number of rotatable bonds is 3. The van der Waals surface area contributed by atoms with Crippen LogP contribution in [0.15, 0.2) is 12.3 Å². The summed E-state index contributed by atoms with van der Waals surface area (Å²) >= 11 is 0. The van der Waals surface area contributed by atoms with E-state index in [0.29, 0.717) is 0 Å². The molecule has 0 aliphatic rings. The SMILES string of the molecule is O=C(O)c1cnc2nc(C(F)(F)C(F)F)[nH]c2c1. The molecule has 0 aromatic carbocycles. The first-order valence-corrected chi connectivity index (χ1v) is 4.58. The molecule has 0 aliphatic heterocycles. The van der Waals surface area contributed by atoms with Gasteiger partial charge in [-0.05, 0) is 6.07 Å². The fourth-order valence-electron chi connectivity index (χ4n) is 1.28. The van der Waals surface area contributed by atoms with Crippen LogP contribution < -0.4 is 0 Å². The van der Waals surface area contributed by atoms with Crippen molar-refractivity contribution in [3.63, 3.8) is 0 Å². The quantitative estimate of drug-likeness (QED) is 0.830. The number of nitrogens with one attached hydrogen (secondary N) is 1. The predicted molar refractivity (Wildman–Crippen MR) is 50.7 cm³/mol. The number of H-pyrrole nitrogens is 1. The van der Waals surface area contributed by atoms with Crippen LogP contribution in [0.1, 0.15) is 16.2 Å². The van der Waals surface area contributed by atoms with E-state index in [2.05, 4.69) is 9.97 Å². The topological polar surface area (TPSA) is 78.9 Å². The molecule has 0 saturated carbocycles. The van der Waals surface area contributed by atoms with E-state index >= 15 is 0 Å². The van der Waals surface area contributed by atoms with Gasteiger partial charge in [0.2, 0.25) is 0 Å². The molecule has 2 aromatic rings. The molecule has 2 aromatic heterocycles. The first kappa shape index (κ1) is 12.3. The number of imidazole rings is 1. The first-order chi connectivity index (χ1) is 8.32. The van der Waals surface area contributed by atoms with Crippen LogP contribution in [0.25, 0.3) is 11.2 Å². The number of pyridine rings is 1. The highest BCUT2D eigenvalue weighted by atomic mass is 19.3. The van der Waals surface area contributed by atoms with Gasteiger partial charge in [0, 0.05) is 6.20 Å². The van der Waals surface area contributed by atoms with E-state index in [4.69, 9.17) is 5.11 Å². The molecule has 0 aliphatic carbocycles. The van der Waals surface area contributed by atoms with Crippen LogP contribution in [0.3, 0.4) is 0 Å². The average Bonchev–Trinajstić information content (AvgIpc) is 2.71. The second-order valence-corrected chi connectivity index (χ2v) is 3.41. The number of halogens is 4. The molecule has 2 heterocycles. The van der Waals surface area contributed by atoms with Crippen LogP contribution in [-0.2, 0) is 5.92 Å². The van der Waals surface area contributed by atoms with Crippen LogP contribution in [0.5, 0.6) is 0 Å². The number of aromatic nitrogens is 3. The Morgan fingerprint density at radius 3 is 2.67 bits per heavy atom. The van der Waals surface area contributed by atoms with E-state index in [1.54, 1.807) is 0 Å².